The van der Waals surface area contributed by atoms with Gasteiger partial charge in [-0.15, -0.1) is 11.8 Å². The highest BCUT2D eigenvalue weighted by atomic mass is 35.5. The zero-order chi connectivity index (χ0) is 12.8. The first-order chi connectivity index (χ1) is 8.74. The molecule has 0 spiro atoms. The maximum Gasteiger partial charge on any atom is 0.0636 e. The second-order valence-corrected chi connectivity index (χ2v) is 6.24. The van der Waals surface area contributed by atoms with Gasteiger partial charge in [0.25, 0.3) is 0 Å². The Morgan fingerprint density at radius 1 is 1.28 bits per heavy atom. The van der Waals surface area contributed by atoms with Crippen molar-refractivity contribution in [2.24, 2.45) is 5.92 Å². The van der Waals surface area contributed by atoms with Gasteiger partial charge in [-0.25, -0.2) is 0 Å². The van der Waals surface area contributed by atoms with E-state index in [2.05, 4.69) is 0 Å². The van der Waals surface area contributed by atoms with Gasteiger partial charge in [0.15, 0.2) is 0 Å². The van der Waals surface area contributed by atoms with Gasteiger partial charge >= 0.3 is 0 Å². The first-order valence-electron chi connectivity index (χ1n) is 6.38. The van der Waals surface area contributed by atoms with Crippen LogP contribution in [0, 0.1) is 5.92 Å². The van der Waals surface area contributed by atoms with E-state index in [0.29, 0.717) is 5.92 Å². The average Bonchev–Trinajstić information content (AvgIpc) is 2.39. The topological polar surface area (TPSA) is 29.5 Å². The predicted octanol–water partition coefficient (Wildman–Crippen LogP) is 3.61. The van der Waals surface area contributed by atoms with E-state index in [1.54, 1.807) is 11.8 Å². The number of halogens is 1. The lowest BCUT2D eigenvalue weighted by molar-refractivity contribution is 0.0478. The number of aliphatic hydroxyl groups is 1. The number of thioether (sulfide) groups is 1. The number of aliphatic hydroxyl groups excluding tert-OH is 1. The van der Waals surface area contributed by atoms with Crippen molar-refractivity contribution in [3.8, 4) is 0 Å². The Balaban J connectivity index is 1.70. The Kier molecular flexibility index (Phi) is 5.83. The normalized spacial score (nSPS) is 18.8. The molecule has 1 unspecified atom stereocenters. The van der Waals surface area contributed by atoms with Crippen LogP contribution >= 0.6 is 23.4 Å². The van der Waals surface area contributed by atoms with E-state index >= 15 is 0 Å². The highest BCUT2D eigenvalue weighted by Crippen LogP contribution is 2.25. The molecule has 0 aromatic heterocycles. The molecule has 1 N–H and O–H groups in total. The van der Waals surface area contributed by atoms with Crippen LogP contribution in [0.2, 0.25) is 5.02 Å². The van der Waals surface area contributed by atoms with Crippen LogP contribution in [0.1, 0.15) is 19.3 Å². The van der Waals surface area contributed by atoms with Gasteiger partial charge in [0.1, 0.15) is 0 Å². The van der Waals surface area contributed by atoms with E-state index < -0.39 is 0 Å². The zero-order valence-corrected chi connectivity index (χ0v) is 11.9. The van der Waals surface area contributed by atoms with Crippen molar-refractivity contribution in [3.05, 3.63) is 29.3 Å². The lowest BCUT2D eigenvalue weighted by Gasteiger charge is -2.24. The fourth-order valence-corrected chi connectivity index (χ4v) is 3.13. The second-order valence-electron chi connectivity index (χ2n) is 4.71. The van der Waals surface area contributed by atoms with Gasteiger partial charge in [-0.2, -0.15) is 0 Å². The quantitative estimate of drug-likeness (QED) is 0.839. The molecule has 1 heterocycles. The summed E-state index contributed by atoms with van der Waals surface area (Å²) in [5, 5.41) is 10.8. The van der Waals surface area contributed by atoms with Crippen LogP contribution in [-0.4, -0.2) is 30.2 Å². The van der Waals surface area contributed by atoms with Crippen LogP contribution in [0.25, 0.3) is 0 Å². The summed E-state index contributed by atoms with van der Waals surface area (Å²) in [5.74, 6) is 1.37. The van der Waals surface area contributed by atoms with Crippen LogP contribution in [0.5, 0.6) is 0 Å². The fourth-order valence-electron chi connectivity index (χ4n) is 2.16. The predicted molar refractivity (Wildman–Crippen MR) is 76.3 cm³/mol. The summed E-state index contributed by atoms with van der Waals surface area (Å²) in [4.78, 5) is 1.16. The van der Waals surface area contributed by atoms with Crippen LogP contribution in [0.15, 0.2) is 29.2 Å². The van der Waals surface area contributed by atoms with Gasteiger partial charge in [-0.1, -0.05) is 11.6 Å². The Bertz CT molecular complexity index is 349. The summed E-state index contributed by atoms with van der Waals surface area (Å²) < 4.78 is 5.32. The second kappa shape index (κ2) is 7.39. The maximum absolute atomic E-state index is 10.0. The molecule has 1 atom stereocenters. The third-order valence-corrected chi connectivity index (χ3v) is 4.61. The first kappa shape index (κ1) is 14.2. The smallest absolute Gasteiger partial charge is 0.0636 e. The highest BCUT2D eigenvalue weighted by molar-refractivity contribution is 7.99. The number of hydrogen-bond acceptors (Lipinski definition) is 3. The van der Waals surface area contributed by atoms with E-state index in [0.717, 1.165) is 48.1 Å². The lowest BCUT2D eigenvalue weighted by atomic mass is 9.94. The van der Waals surface area contributed by atoms with Crippen LogP contribution in [-0.2, 0) is 4.74 Å². The summed E-state index contributed by atoms with van der Waals surface area (Å²) in [6, 6.07) is 7.76. The molecule has 18 heavy (non-hydrogen) atoms. The zero-order valence-electron chi connectivity index (χ0n) is 10.3. The molecule has 1 fully saturated rings. The van der Waals surface area contributed by atoms with E-state index in [1.807, 2.05) is 24.3 Å². The maximum atomic E-state index is 10.0. The number of rotatable bonds is 5. The van der Waals surface area contributed by atoms with Crippen molar-refractivity contribution in [3.63, 3.8) is 0 Å². The van der Waals surface area contributed by atoms with Crippen molar-refractivity contribution in [2.45, 2.75) is 30.3 Å². The molecule has 4 heteroatoms. The van der Waals surface area contributed by atoms with E-state index in [-0.39, 0.29) is 6.10 Å². The molecule has 2 rings (SSSR count). The van der Waals surface area contributed by atoms with Gasteiger partial charge in [-0.05, 0) is 49.4 Å². The molecule has 1 aromatic carbocycles. The Hall–Kier alpha value is -0.220. The SMILES string of the molecule is OC(CSc1ccc(Cl)cc1)CC1CCOCC1. The van der Waals surface area contributed by atoms with Gasteiger partial charge in [-0.3, -0.25) is 0 Å². The molecular formula is C14H19ClO2S. The summed E-state index contributed by atoms with van der Waals surface area (Å²) in [5.41, 5.74) is 0. The molecule has 1 saturated heterocycles. The van der Waals surface area contributed by atoms with Gasteiger partial charge in [0.05, 0.1) is 6.10 Å². The fraction of sp³-hybridized carbons (Fsp3) is 0.571. The molecule has 0 amide bonds. The molecule has 0 bridgehead atoms. The van der Waals surface area contributed by atoms with Crippen LogP contribution < -0.4 is 0 Å². The first-order valence-corrected chi connectivity index (χ1v) is 7.74. The van der Waals surface area contributed by atoms with Crippen molar-refractivity contribution in [1.29, 1.82) is 0 Å². The minimum atomic E-state index is -0.228. The summed E-state index contributed by atoms with van der Waals surface area (Å²) >= 11 is 7.52. The van der Waals surface area contributed by atoms with Gasteiger partial charge < -0.3 is 9.84 Å². The Labute approximate surface area is 118 Å². The molecule has 0 radical (unpaired) electrons. The molecular weight excluding hydrogens is 268 g/mol. The summed E-state index contributed by atoms with van der Waals surface area (Å²) in [6.45, 7) is 1.70. The van der Waals surface area contributed by atoms with Gasteiger partial charge in [0.2, 0.25) is 0 Å². The number of hydrogen-bond donors (Lipinski definition) is 1. The molecule has 0 aliphatic carbocycles. The molecule has 1 aromatic rings. The third kappa shape index (κ3) is 4.81. The van der Waals surface area contributed by atoms with Crippen molar-refractivity contribution < 1.29 is 9.84 Å². The minimum absolute atomic E-state index is 0.228. The minimum Gasteiger partial charge on any atom is -0.392 e. The number of ether oxygens (including phenoxy) is 1. The Morgan fingerprint density at radius 2 is 1.94 bits per heavy atom. The number of benzene rings is 1. The lowest BCUT2D eigenvalue weighted by Crippen LogP contribution is -2.22. The molecule has 1 aliphatic rings. The van der Waals surface area contributed by atoms with E-state index in [4.69, 9.17) is 16.3 Å². The monoisotopic (exact) mass is 286 g/mol. The molecule has 1 aliphatic heterocycles. The molecule has 100 valence electrons. The van der Waals surface area contributed by atoms with Crippen molar-refractivity contribution in [2.75, 3.05) is 19.0 Å². The van der Waals surface area contributed by atoms with E-state index in [1.165, 1.54) is 0 Å². The van der Waals surface area contributed by atoms with Crippen molar-refractivity contribution >= 4 is 23.4 Å². The summed E-state index contributed by atoms with van der Waals surface area (Å²) in [7, 11) is 0. The molecule has 0 saturated carbocycles. The van der Waals surface area contributed by atoms with Crippen LogP contribution in [0.3, 0.4) is 0 Å². The average molecular weight is 287 g/mol. The molecule has 2 nitrogen and oxygen atoms in total. The Morgan fingerprint density at radius 3 is 2.61 bits per heavy atom. The van der Waals surface area contributed by atoms with Crippen LogP contribution in [0.4, 0.5) is 0 Å². The third-order valence-electron chi connectivity index (χ3n) is 3.20. The van der Waals surface area contributed by atoms with E-state index in [9.17, 15) is 5.11 Å². The largest absolute Gasteiger partial charge is 0.392 e. The standard InChI is InChI=1S/C14H19ClO2S/c15-12-1-3-14(4-2-12)18-10-13(16)9-11-5-7-17-8-6-11/h1-4,11,13,16H,5-10H2. The van der Waals surface area contributed by atoms with Crippen molar-refractivity contribution in [1.82, 2.24) is 0 Å². The van der Waals surface area contributed by atoms with Gasteiger partial charge in [0, 0.05) is 28.9 Å². The summed E-state index contributed by atoms with van der Waals surface area (Å²) in [6.07, 6.45) is 2.84. The highest BCUT2D eigenvalue weighted by Gasteiger charge is 2.17.